The van der Waals surface area contributed by atoms with Gasteiger partial charge in [-0.3, -0.25) is 4.79 Å². The zero-order valence-corrected chi connectivity index (χ0v) is 17.9. The van der Waals surface area contributed by atoms with E-state index in [1.54, 1.807) is 24.3 Å². The lowest BCUT2D eigenvalue weighted by Crippen LogP contribution is -2.41. The van der Waals surface area contributed by atoms with Crippen LogP contribution in [0.25, 0.3) is 0 Å². The second-order valence-corrected chi connectivity index (χ2v) is 8.95. The lowest BCUT2D eigenvalue weighted by molar-refractivity contribution is -0.120. The monoisotopic (exact) mass is 465 g/mol. The van der Waals surface area contributed by atoms with Crippen LogP contribution in [0.5, 0.6) is 11.5 Å². The van der Waals surface area contributed by atoms with Gasteiger partial charge in [0, 0.05) is 36.3 Å². The second kappa shape index (κ2) is 8.73. The Labute approximate surface area is 183 Å². The van der Waals surface area contributed by atoms with Gasteiger partial charge in [0.25, 0.3) is 10.0 Å². The summed E-state index contributed by atoms with van der Waals surface area (Å²) in [7, 11) is -2.37. The normalized spacial score (nSPS) is 17.6. The Bertz CT molecular complexity index is 1160. The summed E-state index contributed by atoms with van der Waals surface area (Å²) in [6.07, 6.45) is 0.979. The molecule has 2 aliphatic rings. The molecule has 0 atom stereocenters. The van der Waals surface area contributed by atoms with E-state index in [0.717, 1.165) is 0 Å². The van der Waals surface area contributed by atoms with Crippen molar-refractivity contribution in [3.8, 4) is 11.5 Å². The lowest BCUT2D eigenvalue weighted by Gasteiger charge is -2.32. The van der Waals surface area contributed by atoms with E-state index in [0.29, 0.717) is 43.0 Å². The van der Waals surface area contributed by atoms with E-state index < -0.39 is 16.6 Å². The van der Waals surface area contributed by atoms with E-state index >= 15 is 0 Å². The molecule has 1 N–H and O–H groups in total. The Morgan fingerprint density at radius 2 is 1.88 bits per heavy atom. The van der Waals surface area contributed by atoms with Gasteiger partial charge in [0.1, 0.15) is 4.90 Å². The quantitative estimate of drug-likeness (QED) is 0.729. The van der Waals surface area contributed by atoms with E-state index in [9.17, 15) is 22.0 Å². The highest BCUT2D eigenvalue weighted by Gasteiger charge is 2.34. The number of nitrogens with one attached hydrogen (secondary N) is 1. The summed E-state index contributed by atoms with van der Waals surface area (Å²) < 4.78 is 63.1. The van der Waals surface area contributed by atoms with E-state index in [1.165, 1.54) is 25.3 Å². The Balaban J connectivity index is 1.41. The summed E-state index contributed by atoms with van der Waals surface area (Å²) in [5, 5.41) is 2.73. The number of rotatable bonds is 5. The van der Waals surface area contributed by atoms with E-state index in [4.69, 9.17) is 4.74 Å². The molecule has 4 rings (SSSR count). The van der Waals surface area contributed by atoms with Gasteiger partial charge in [0.15, 0.2) is 17.3 Å². The molecule has 1 saturated heterocycles. The second-order valence-electron chi connectivity index (χ2n) is 7.38. The van der Waals surface area contributed by atoms with Crippen molar-refractivity contribution in [3.63, 3.8) is 0 Å². The number of benzene rings is 2. The largest absolute Gasteiger partial charge is 0.493 e. The Hall–Kier alpha value is -3.21. The predicted octanol–water partition coefficient (Wildman–Crippen LogP) is 3.10. The van der Waals surface area contributed by atoms with Crippen molar-refractivity contribution in [1.29, 1.82) is 0 Å². The number of nitrogens with zero attached hydrogens (tertiary/aromatic N) is 2. The fraction of sp³-hybridized carbons (Fsp3) is 0.333. The third-order valence-electron chi connectivity index (χ3n) is 5.43. The molecule has 8 nitrogen and oxygen atoms in total. The van der Waals surface area contributed by atoms with E-state index in [2.05, 4.69) is 14.5 Å². The van der Waals surface area contributed by atoms with Crippen molar-refractivity contribution in [1.82, 2.24) is 4.90 Å². The van der Waals surface area contributed by atoms with Crippen molar-refractivity contribution < 1.29 is 31.5 Å². The molecule has 0 aromatic heterocycles. The predicted molar refractivity (Wildman–Crippen MR) is 113 cm³/mol. The number of anilines is 1. The topological polar surface area (TPSA) is 97.3 Å². The molecule has 2 aromatic carbocycles. The van der Waals surface area contributed by atoms with Gasteiger partial charge in [-0.05, 0) is 37.1 Å². The number of fused-ring (bicyclic) bond motifs is 1. The first kappa shape index (κ1) is 22.0. The molecule has 2 aliphatic heterocycles. The first-order chi connectivity index (χ1) is 15.3. The van der Waals surface area contributed by atoms with Crippen molar-refractivity contribution >= 4 is 27.5 Å². The molecule has 0 spiro atoms. The molecule has 32 heavy (non-hydrogen) atoms. The zero-order valence-electron chi connectivity index (χ0n) is 17.1. The van der Waals surface area contributed by atoms with Crippen LogP contribution in [0, 0.1) is 5.92 Å². The van der Waals surface area contributed by atoms with Gasteiger partial charge >= 0.3 is 6.61 Å². The van der Waals surface area contributed by atoms with E-state index in [1.807, 2.05) is 4.90 Å². The smallest absolute Gasteiger partial charge is 0.387 e. The Morgan fingerprint density at radius 1 is 1.16 bits per heavy atom. The molecular weight excluding hydrogens is 444 g/mol. The number of hydrogen-bond donors (Lipinski definition) is 1. The molecule has 0 bridgehead atoms. The molecule has 2 aromatic rings. The number of halogens is 2. The maximum Gasteiger partial charge on any atom is 0.387 e. The summed E-state index contributed by atoms with van der Waals surface area (Å²) in [5.41, 5.74) is 0.884. The summed E-state index contributed by atoms with van der Waals surface area (Å²) >= 11 is 0. The number of carbonyl (C=O) groups is 1. The Morgan fingerprint density at radius 3 is 2.56 bits per heavy atom. The standard InChI is InChI=1S/C21H21F2N3O5S/c1-30-16-7-6-14(12-17(16)31-21(22)23)24-20(27)13-8-10-26(11-9-13)19-15-4-2-3-5-18(15)32(28,29)25-19/h2-7,12-13,21H,8-11H2,1H3,(H,24,27). The van der Waals surface area contributed by atoms with Gasteiger partial charge in [-0.25, -0.2) is 0 Å². The number of likely N-dealkylation sites (tertiary alicyclic amines) is 1. The number of piperidine rings is 1. The number of methoxy groups -OCH3 is 1. The van der Waals surface area contributed by atoms with Crippen LogP contribution in [-0.2, 0) is 14.8 Å². The minimum atomic E-state index is -3.70. The van der Waals surface area contributed by atoms with Gasteiger partial charge in [0.2, 0.25) is 5.91 Å². The van der Waals surface area contributed by atoms with Crippen LogP contribution in [0.4, 0.5) is 14.5 Å². The number of sulfonamides is 1. The van der Waals surface area contributed by atoms with Crippen LogP contribution in [0.1, 0.15) is 18.4 Å². The minimum absolute atomic E-state index is 0.129. The Kier molecular flexibility index (Phi) is 6.00. The zero-order chi connectivity index (χ0) is 22.9. The first-order valence-corrected chi connectivity index (χ1v) is 11.4. The van der Waals surface area contributed by atoms with Crippen molar-refractivity contribution in [2.75, 3.05) is 25.5 Å². The molecule has 0 saturated carbocycles. The average Bonchev–Trinajstić information content (AvgIpc) is 3.05. The SMILES string of the molecule is COc1ccc(NC(=O)C2CCN(C3=NS(=O)(=O)c4ccccc43)CC2)cc1OC(F)F. The van der Waals surface area contributed by atoms with E-state index in [-0.39, 0.29) is 28.2 Å². The molecule has 0 radical (unpaired) electrons. The minimum Gasteiger partial charge on any atom is -0.493 e. The number of alkyl halides is 2. The number of amides is 1. The molecule has 11 heteroatoms. The lowest BCUT2D eigenvalue weighted by atomic mass is 9.95. The third kappa shape index (κ3) is 4.38. The molecule has 1 fully saturated rings. The van der Waals surface area contributed by atoms with Crippen LogP contribution in [0.2, 0.25) is 0 Å². The maximum atomic E-state index is 12.7. The number of ether oxygens (including phenoxy) is 2. The summed E-state index contributed by atoms with van der Waals surface area (Å²) in [6.45, 7) is -2.10. The maximum absolute atomic E-state index is 12.7. The van der Waals surface area contributed by atoms with Gasteiger partial charge < -0.3 is 19.7 Å². The van der Waals surface area contributed by atoms with Gasteiger partial charge in [0.05, 0.1) is 7.11 Å². The summed E-state index contributed by atoms with van der Waals surface area (Å²) in [5.74, 6) is -0.206. The van der Waals surface area contributed by atoms with Crippen molar-refractivity contribution in [3.05, 3.63) is 48.0 Å². The molecular formula is C21H21F2N3O5S. The summed E-state index contributed by atoms with van der Waals surface area (Å²) in [6, 6.07) is 10.9. The molecule has 170 valence electrons. The summed E-state index contributed by atoms with van der Waals surface area (Å²) in [4.78, 5) is 14.8. The molecule has 0 unspecified atom stereocenters. The van der Waals surface area contributed by atoms with Crippen molar-refractivity contribution in [2.45, 2.75) is 24.3 Å². The highest BCUT2D eigenvalue weighted by molar-refractivity contribution is 7.90. The number of carbonyl (C=O) groups excluding carboxylic acids is 1. The van der Waals surface area contributed by atoms with Gasteiger partial charge in [-0.15, -0.1) is 4.40 Å². The highest BCUT2D eigenvalue weighted by Crippen LogP contribution is 2.33. The number of amidine groups is 1. The van der Waals surface area contributed by atoms with Crippen LogP contribution in [-0.4, -0.2) is 51.9 Å². The van der Waals surface area contributed by atoms with Crippen LogP contribution in [0.15, 0.2) is 51.8 Å². The highest BCUT2D eigenvalue weighted by atomic mass is 32.2. The van der Waals surface area contributed by atoms with Crippen LogP contribution in [0.3, 0.4) is 0 Å². The molecule has 2 heterocycles. The molecule has 1 amide bonds. The number of hydrogen-bond acceptors (Lipinski definition) is 6. The first-order valence-electron chi connectivity index (χ1n) is 9.91. The van der Waals surface area contributed by atoms with Crippen molar-refractivity contribution in [2.24, 2.45) is 10.3 Å². The van der Waals surface area contributed by atoms with Crippen LogP contribution >= 0.6 is 0 Å². The average molecular weight is 465 g/mol. The third-order valence-corrected chi connectivity index (χ3v) is 6.75. The molecule has 0 aliphatic carbocycles. The fourth-order valence-electron chi connectivity index (χ4n) is 3.86. The van der Waals surface area contributed by atoms with Gasteiger partial charge in [-0.1, -0.05) is 12.1 Å². The van der Waals surface area contributed by atoms with Crippen LogP contribution < -0.4 is 14.8 Å². The van der Waals surface area contributed by atoms with Gasteiger partial charge in [-0.2, -0.15) is 17.2 Å². The fourth-order valence-corrected chi connectivity index (χ4v) is 5.08.